The van der Waals surface area contributed by atoms with Gasteiger partial charge in [-0.05, 0) is 61.1 Å². The number of amides is 2. The number of hydrogen-bond acceptors (Lipinski definition) is 4. The van der Waals surface area contributed by atoms with Gasteiger partial charge in [-0.2, -0.15) is 0 Å². The summed E-state index contributed by atoms with van der Waals surface area (Å²) in [6, 6.07) is 7.65. The predicted octanol–water partition coefficient (Wildman–Crippen LogP) is 3.35. The summed E-state index contributed by atoms with van der Waals surface area (Å²) in [6.07, 6.45) is 4.91. The van der Waals surface area contributed by atoms with Crippen LogP contribution in [0.3, 0.4) is 0 Å². The standard InChI is InChI=1S/C22H25FN4O2/c1-14-10-17(14)22(29)26-19-5-4-16(23)12-18(19)21(28)25-13-15-6-7-24-20(11-15)27-8-2-3-9-27/h4-7,11-12,14,17H,2-3,8-10,13H2,1H3,(H,25,28)(H,26,29). The number of anilines is 2. The third kappa shape index (κ3) is 4.55. The van der Waals surface area contributed by atoms with E-state index in [1.807, 2.05) is 19.1 Å². The zero-order valence-corrected chi connectivity index (χ0v) is 16.5. The minimum absolute atomic E-state index is 0.0307. The second-order valence-corrected chi connectivity index (χ2v) is 7.90. The van der Waals surface area contributed by atoms with Crippen LogP contribution < -0.4 is 15.5 Å². The van der Waals surface area contributed by atoms with Gasteiger partial charge in [-0.15, -0.1) is 0 Å². The van der Waals surface area contributed by atoms with Crippen molar-refractivity contribution in [3.05, 3.63) is 53.5 Å². The van der Waals surface area contributed by atoms with Gasteiger partial charge >= 0.3 is 0 Å². The molecule has 1 aromatic carbocycles. The first-order valence-corrected chi connectivity index (χ1v) is 10.1. The molecule has 2 aromatic rings. The van der Waals surface area contributed by atoms with Crippen molar-refractivity contribution in [2.24, 2.45) is 11.8 Å². The molecular weight excluding hydrogens is 371 g/mol. The first-order valence-electron chi connectivity index (χ1n) is 10.1. The van der Waals surface area contributed by atoms with Crippen LogP contribution in [0.15, 0.2) is 36.5 Å². The number of rotatable bonds is 6. The van der Waals surface area contributed by atoms with Crippen molar-refractivity contribution in [3.8, 4) is 0 Å². The van der Waals surface area contributed by atoms with E-state index in [0.29, 0.717) is 18.2 Å². The van der Waals surface area contributed by atoms with Crippen molar-refractivity contribution < 1.29 is 14.0 Å². The fourth-order valence-corrected chi connectivity index (χ4v) is 3.69. The third-order valence-electron chi connectivity index (χ3n) is 5.62. The van der Waals surface area contributed by atoms with Gasteiger partial charge in [-0.25, -0.2) is 9.37 Å². The van der Waals surface area contributed by atoms with Gasteiger partial charge in [0.15, 0.2) is 0 Å². The highest BCUT2D eigenvalue weighted by Crippen LogP contribution is 2.38. The number of hydrogen-bond donors (Lipinski definition) is 2. The molecular formula is C22H25FN4O2. The van der Waals surface area contributed by atoms with Gasteiger partial charge in [0.1, 0.15) is 11.6 Å². The summed E-state index contributed by atoms with van der Waals surface area (Å²) >= 11 is 0. The van der Waals surface area contributed by atoms with Crippen molar-refractivity contribution in [2.45, 2.75) is 32.7 Å². The van der Waals surface area contributed by atoms with Crippen molar-refractivity contribution in [3.63, 3.8) is 0 Å². The Morgan fingerprint density at radius 3 is 2.69 bits per heavy atom. The Kier molecular flexibility index (Phi) is 5.47. The normalized spacial score (nSPS) is 20.4. The van der Waals surface area contributed by atoms with E-state index < -0.39 is 11.7 Å². The largest absolute Gasteiger partial charge is 0.357 e. The number of carbonyl (C=O) groups excluding carboxylic acids is 2. The molecule has 2 atom stereocenters. The Labute approximate surface area is 169 Å². The molecule has 0 bridgehead atoms. The zero-order valence-electron chi connectivity index (χ0n) is 16.5. The molecule has 1 saturated heterocycles. The van der Waals surface area contributed by atoms with Gasteiger partial charge in [0.05, 0.1) is 11.3 Å². The van der Waals surface area contributed by atoms with Gasteiger partial charge in [-0.1, -0.05) is 6.92 Å². The highest BCUT2D eigenvalue weighted by atomic mass is 19.1. The number of pyridine rings is 1. The molecule has 2 fully saturated rings. The summed E-state index contributed by atoms with van der Waals surface area (Å²) in [5.41, 5.74) is 1.38. The number of carbonyl (C=O) groups is 2. The molecule has 1 aliphatic carbocycles. The maximum absolute atomic E-state index is 13.8. The lowest BCUT2D eigenvalue weighted by atomic mass is 10.1. The van der Waals surface area contributed by atoms with Gasteiger partial charge in [0.2, 0.25) is 5.91 Å². The predicted molar refractivity (Wildman–Crippen MR) is 109 cm³/mol. The molecule has 1 aromatic heterocycles. The van der Waals surface area contributed by atoms with Gasteiger partial charge in [-0.3, -0.25) is 9.59 Å². The van der Waals surface area contributed by atoms with E-state index in [1.54, 1.807) is 6.20 Å². The SMILES string of the molecule is CC1CC1C(=O)Nc1ccc(F)cc1C(=O)NCc1ccnc(N2CCCC2)c1. The zero-order chi connectivity index (χ0) is 20.4. The monoisotopic (exact) mass is 396 g/mol. The van der Waals surface area contributed by atoms with Crippen LogP contribution in [-0.4, -0.2) is 29.9 Å². The fraction of sp³-hybridized carbons (Fsp3) is 0.409. The maximum Gasteiger partial charge on any atom is 0.253 e. The van der Waals surface area contributed by atoms with Crippen molar-refractivity contribution in [1.82, 2.24) is 10.3 Å². The number of aromatic nitrogens is 1. The molecule has 7 heteroatoms. The smallest absolute Gasteiger partial charge is 0.253 e. The lowest BCUT2D eigenvalue weighted by Gasteiger charge is -2.17. The molecule has 2 heterocycles. The first-order chi connectivity index (χ1) is 14.0. The first kappa shape index (κ1) is 19.4. The summed E-state index contributed by atoms with van der Waals surface area (Å²) in [5.74, 6) is 0.159. The quantitative estimate of drug-likeness (QED) is 0.785. The van der Waals surface area contributed by atoms with Crippen LogP contribution in [0, 0.1) is 17.7 Å². The Morgan fingerprint density at radius 2 is 1.97 bits per heavy atom. The molecule has 0 radical (unpaired) electrons. The van der Waals surface area contributed by atoms with Crippen molar-refractivity contribution in [1.29, 1.82) is 0 Å². The molecule has 2 unspecified atom stereocenters. The van der Waals surface area contributed by atoms with E-state index in [9.17, 15) is 14.0 Å². The van der Waals surface area contributed by atoms with E-state index in [2.05, 4.69) is 20.5 Å². The van der Waals surface area contributed by atoms with E-state index >= 15 is 0 Å². The molecule has 0 spiro atoms. The Balaban J connectivity index is 1.43. The molecule has 29 heavy (non-hydrogen) atoms. The van der Waals surface area contributed by atoms with E-state index in [4.69, 9.17) is 0 Å². The second-order valence-electron chi connectivity index (χ2n) is 7.90. The molecule has 2 N–H and O–H groups in total. The average molecular weight is 396 g/mol. The van der Waals surface area contributed by atoms with Gasteiger partial charge in [0, 0.05) is 31.7 Å². The Hall–Kier alpha value is -2.96. The summed E-state index contributed by atoms with van der Waals surface area (Å²) in [5, 5.41) is 5.60. The summed E-state index contributed by atoms with van der Waals surface area (Å²) in [7, 11) is 0. The van der Waals surface area contributed by atoms with Crippen LogP contribution >= 0.6 is 0 Å². The average Bonchev–Trinajstić information content (AvgIpc) is 3.22. The second kappa shape index (κ2) is 8.19. The highest BCUT2D eigenvalue weighted by molar-refractivity contribution is 6.04. The maximum atomic E-state index is 13.8. The number of nitrogens with one attached hydrogen (secondary N) is 2. The number of benzene rings is 1. The topological polar surface area (TPSA) is 74.3 Å². The molecule has 1 saturated carbocycles. The van der Waals surface area contributed by atoms with Crippen LogP contribution in [-0.2, 0) is 11.3 Å². The van der Waals surface area contributed by atoms with E-state index in [0.717, 1.165) is 49.8 Å². The van der Waals surface area contributed by atoms with Crippen LogP contribution in [0.4, 0.5) is 15.9 Å². The fourth-order valence-electron chi connectivity index (χ4n) is 3.69. The molecule has 1 aliphatic heterocycles. The van der Waals surface area contributed by atoms with Crippen molar-refractivity contribution >= 4 is 23.3 Å². The van der Waals surface area contributed by atoms with Crippen LogP contribution in [0.1, 0.15) is 42.1 Å². The minimum Gasteiger partial charge on any atom is -0.357 e. The summed E-state index contributed by atoms with van der Waals surface area (Å²) < 4.78 is 13.8. The van der Waals surface area contributed by atoms with Gasteiger partial charge in [0.25, 0.3) is 5.91 Å². The molecule has 152 valence electrons. The molecule has 4 rings (SSSR count). The van der Waals surface area contributed by atoms with Gasteiger partial charge < -0.3 is 15.5 Å². The third-order valence-corrected chi connectivity index (χ3v) is 5.62. The summed E-state index contributed by atoms with van der Waals surface area (Å²) in [4.78, 5) is 31.6. The molecule has 2 aliphatic rings. The van der Waals surface area contributed by atoms with Crippen molar-refractivity contribution in [2.75, 3.05) is 23.3 Å². The summed E-state index contributed by atoms with van der Waals surface area (Å²) in [6.45, 7) is 4.29. The number of halogens is 1. The Bertz CT molecular complexity index is 927. The number of nitrogens with zero attached hydrogens (tertiary/aromatic N) is 2. The van der Waals surface area contributed by atoms with E-state index in [-0.39, 0.29) is 17.4 Å². The minimum atomic E-state index is -0.520. The van der Waals surface area contributed by atoms with E-state index in [1.165, 1.54) is 12.1 Å². The van der Waals surface area contributed by atoms with Crippen LogP contribution in [0.25, 0.3) is 0 Å². The molecule has 2 amide bonds. The lowest BCUT2D eigenvalue weighted by Crippen LogP contribution is -2.26. The Morgan fingerprint density at radius 1 is 1.21 bits per heavy atom. The highest BCUT2D eigenvalue weighted by Gasteiger charge is 2.39. The molecule has 6 nitrogen and oxygen atoms in total. The lowest BCUT2D eigenvalue weighted by molar-refractivity contribution is -0.117. The van der Waals surface area contributed by atoms with Crippen LogP contribution in [0.2, 0.25) is 0 Å². The van der Waals surface area contributed by atoms with Crippen LogP contribution in [0.5, 0.6) is 0 Å².